The number of hydrogen-bond acceptors (Lipinski definition) is 2. The van der Waals surface area contributed by atoms with Crippen LogP contribution in [0, 0.1) is 20.8 Å². The Morgan fingerprint density at radius 1 is 1.23 bits per heavy atom. The van der Waals surface area contributed by atoms with Gasteiger partial charge >= 0.3 is 0 Å². The van der Waals surface area contributed by atoms with Gasteiger partial charge in [-0.25, -0.2) is 0 Å². The van der Waals surface area contributed by atoms with Gasteiger partial charge in [0.15, 0.2) is 5.43 Å². The van der Waals surface area contributed by atoms with E-state index in [1.54, 1.807) is 0 Å². The summed E-state index contributed by atoms with van der Waals surface area (Å²) in [6, 6.07) is 4.74. The smallest absolute Gasteiger partial charge is 0.194 e. The van der Waals surface area contributed by atoms with Gasteiger partial charge in [0.25, 0.3) is 0 Å². The van der Waals surface area contributed by atoms with E-state index < -0.39 is 0 Å². The van der Waals surface area contributed by atoms with Crippen LogP contribution in [0.1, 0.15) is 48.6 Å². The van der Waals surface area contributed by atoms with Gasteiger partial charge in [-0.3, -0.25) is 9.69 Å². The molecule has 1 N–H and O–H groups in total. The molecule has 0 unspecified atom stereocenters. The zero-order valence-corrected chi connectivity index (χ0v) is 14.1. The van der Waals surface area contributed by atoms with Crippen LogP contribution in [0.5, 0.6) is 0 Å². The molecule has 3 nitrogen and oxygen atoms in total. The highest BCUT2D eigenvalue weighted by atomic mass is 16.1. The Bertz CT molecular complexity index is 760. The van der Waals surface area contributed by atoms with Gasteiger partial charge in [0, 0.05) is 29.2 Å². The molecule has 0 amide bonds. The topological polar surface area (TPSA) is 36.1 Å². The number of aromatic amines is 1. The van der Waals surface area contributed by atoms with Crippen LogP contribution in [0.4, 0.5) is 0 Å². The number of likely N-dealkylation sites (tertiary alicyclic amines) is 1. The molecule has 0 aliphatic carbocycles. The number of nitrogens with zero attached hydrogens (tertiary/aromatic N) is 1. The normalized spacial score (nSPS) is 19.7. The van der Waals surface area contributed by atoms with Crippen molar-refractivity contribution in [1.82, 2.24) is 9.88 Å². The first kappa shape index (κ1) is 15.3. The van der Waals surface area contributed by atoms with Crippen LogP contribution in [0.15, 0.2) is 16.9 Å². The van der Waals surface area contributed by atoms with Crippen molar-refractivity contribution in [3.05, 3.63) is 44.7 Å². The molecule has 0 radical (unpaired) electrons. The molecule has 1 aromatic carbocycles. The first-order valence-electron chi connectivity index (χ1n) is 8.34. The maximum atomic E-state index is 13.0. The summed E-state index contributed by atoms with van der Waals surface area (Å²) in [5.41, 5.74) is 5.40. The zero-order chi connectivity index (χ0) is 15.9. The second kappa shape index (κ2) is 5.88. The van der Waals surface area contributed by atoms with Crippen LogP contribution in [0.2, 0.25) is 0 Å². The number of fused-ring (bicyclic) bond motifs is 1. The largest absolute Gasteiger partial charge is 0.358 e. The van der Waals surface area contributed by atoms with Crippen LogP contribution in [-0.4, -0.2) is 22.5 Å². The molecule has 1 saturated heterocycles. The first-order chi connectivity index (χ1) is 10.5. The predicted octanol–water partition coefficient (Wildman–Crippen LogP) is 3.83. The lowest BCUT2D eigenvalue weighted by molar-refractivity contribution is 0.152. The predicted molar refractivity (Wildman–Crippen MR) is 92.5 cm³/mol. The number of H-pyrrole nitrogens is 1. The third-order valence-corrected chi connectivity index (χ3v) is 5.06. The summed E-state index contributed by atoms with van der Waals surface area (Å²) < 4.78 is 0. The molecule has 1 atom stereocenters. The first-order valence-corrected chi connectivity index (χ1v) is 8.34. The van der Waals surface area contributed by atoms with Crippen LogP contribution in [0.25, 0.3) is 10.9 Å². The average Bonchev–Trinajstić information content (AvgIpc) is 2.44. The number of pyridine rings is 1. The summed E-state index contributed by atoms with van der Waals surface area (Å²) in [6.07, 6.45) is 3.79. The van der Waals surface area contributed by atoms with E-state index >= 15 is 0 Å². The number of benzene rings is 1. The van der Waals surface area contributed by atoms with E-state index in [1.165, 1.54) is 24.8 Å². The number of aryl methyl sites for hydroxylation is 3. The molecule has 3 heteroatoms. The Morgan fingerprint density at radius 3 is 2.73 bits per heavy atom. The molecule has 0 bridgehead atoms. The second-order valence-electron chi connectivity index (χ2n) is 6.88. The van der Waals surface area contributed by atoms with E-state index in [0.717, 1.165) is 40.8 Å². The van der Waals surface area contributed by atoms with Crippen molar-refractivity contribution >= 4 is 10.9 Å². The number of piperidine rings is 1. The molecule has 1 fully saturated rings. The molecule has 0 spiro atoms. The van der Waals surface area contributed by atoms with E-state index in [0.29, 0.717) is 6.04 Å². The van der Waals surface area contributed by atoms with Gasteiger partial charge in [-0.2, -0.15) is 0 Å². The van der Waals surface area contributed by atoms with Crippen molar-refractivity contribution in [1.29, 1.82) is 0 Å². The SMILES string of the molecule is Cc1cc(C)c2c(=O)c(CN3CCCC[C@H]3C)c(C)[nH]c2c1. The van der Waals surface area contributed by atoms with Crippen molar-refractivity contribution in [3.8, 4) is 0 Å². The van der Waals surface area contributed by atoms with Crippen LogP contribution < -0.4 is 5.43 Å². The van der Waals surface area contributed by atoms with Crippen LogP contribution >= 0.6 is 0 Å². The van der Waals surface area contributed by atoms with Gasteiger partial charge in [-0.15, -0.1) is 0 Å². The number of nitrogens with one attached hydrogen (secondary N) is 1. The Morgan fingerprint density at radius 2 is 2.00 bits per heavy atom. The standard InChI is InChI=1S/C19H26N2O/c1-12-9-13(2)18-17(10-12)20-15(4)16(19(18)22)11-21-8-6-5-7-14(21)3/h9-10,14H,5-8,11H2,1-4H3,(H,20,22)/t14-/m1/s1. The highest BCUT2D eigenvalue weighted by molar-refractivity contribution is 5.83. The van der Waals surface area contributed by atoms with E-state index in [-0.39, 0.29) is 5.43 Å². The average molecular weight is 298 g/mol. The van der Waals surface area contributed by atoms with Crippen molar-refractivity contribution in [2.45, 2.75) is 59.5 Å². The Labute approximate surface area is 132 Å². The van der Waals surface area contributed by atoms with E-state index in [1.807, 2.05) is 13.8 Å². The molecular weight excluding hydrogens is 272 g/mol. The van der Waals surface area contributed by atoms with Crippen molar-refractivity contribution < 1.29 is 0 Å². The molecular formula is C19H26N2O. The highest BCUT2D eigenvalue weighted by Crippen LogP contribution is 2.22. The lowest BCUT2D eigenvalue weighted by atomic mass is 9.99. The molecule has 22 heavy (non-hydrogen) atoms. The molecule has 1 aliphatic heterocycles. The van der Waals surface area contributed by atoms with Gasteiger partial charge in [0.1, 0.15) is 0 Å². The Kier molecular flexibility index (Phi) is 4.09. The van der Waals surface area contributed by atoms with Gasteiger partial charge in [0.2, 0.25) is 0 Å². The van der Waals surface area contributed by atoms with E-state index in [4.69, 9.17) is 0 Å². The number of rotatable bonds is 2. The van der Waals surface area contributed by atoms with E-state index in [9.17, 15) is 4.79 Å². The van der Waals surface area contributed by atoms with Gasteiger partial charge < -0.3 is 4.98 Å². The maximum Gasteiger partial charge on any atom is 0.194 e. The molecule has 2 aromatic rings. The molecule has 0 saturated carbocycles. The highest BCUT2D eigenvalue weighted by Gasteiger charge is 2.21. The summed E-state index contributed by atoms with van der Waals surface area (Å²) in [5, 5.41) is 0.857. The van der Waals surface area contributed by atoms with E-state index in [2.05, 4.69) is 35.9 Å². The molecule has 1 aliphatic rings. The van der Waals surface area contributed by atoms with Crippen molar-refractivity contribution in [3.63, 3.8) is 0 Å². The minimum atomic E-state index is 0.210. The monoisotopic (exact) mass is 298 g/mol. The number of hydrogen-bond donors (Lipinski definition) is 1. The van der Waals surface area contributed by atoms with Gasteiger partial charge in [-0.05, 0) is 64.3 Å². The fraction of sp³-hybridized carbons (Fsp3) is 0.526. The molecule has 1 aromatic heterocycles. The fourth-order valence-electron chi connectivity index (χ4n) is 3.75. The Balaban J connectivity index is 2.08. The van der Waals surface area contributed by atoms with Crippen molar-refractivity contribution in [2.75, 3.05) is 6.54 Å². The lowest BCUT2D eigenvalue weighted by Crippen LogP contribution is -2.38. The fourth-order valence-corrected chi connectivity index (χ4v) is 3.75. The van der Waals surface area contributed by atoms with Crippen LogP contribution in [-0.2, 0) is 6.54 Å². The minimum Gasteiger partial charge on any atom is -0.358 e. The van der Waals surface area contributed by atoms with Crippen LogP contribution in [0.3, 0.4) is 0 Å². The lowest BCUT2D eigenvalue weighted by Gasteiger charge is -2.33. The van der Waals surface area contributed by atoms with Gasteiger partial charge in [-0.1, -0.05) is 12.5 Å². The summed E-state index contributed by atoms with van der Waals surface area (Å²) in [5.74, 6) is 0. The quantitative estimate of drug-likeness (QED) is 0.914. The number of aromatic nitrogens is 1. The summed E-state index contributed by atoms with van der Waals surface area (Å²) >= 11 is 0. The maximum absolute atomic E-state index is 13.0. The third kappa shape index (κ3) is 2.70. The second-order valence-corrected chi connectivity index (χ2v) is 6.88. The Hall–Kier alpha value is -1.61. The molecule has 3 rings (SSSR count). The van der Waals surface area contributed by atoms with Crippen molar-refractivity contribution in [2.24, 2.45) is 0 Å². The zero-order valence-electron chi connectivity index (χ0n) is 14.1. The summed E-state index contributed by atoms with van der Waals surface area (Å²) in [6.45, 7) is 10.3. The summed E-state index contributed by atoms with van der Waals surface area (Å²) in [7, 11) is 0. The van der Waals surface area contributed by atoms with Gasteiger partial charge in [0.05, 0.1) is 5.52 Å². The molecule has 2 heterocycles. The summed E-state index contributed by atoms with van der Waals surface area (Å²) in [4.78, 5) is 18.9. The molecule has 118 valence electrons. The minimum absolute atomic E-state index is 0.210. The third-order valence-electron chi connectivity index (χ3n) is 5.06.